The molecule has 0 aliphatic rings. The van der Waals surface area contributed by atoms with Crippen LogP contribution in [0.1, 0.15) is 12.0 Å². The van der Waals surface area contributed by atoms with E-state index < -0.39 is 5.91 Å². The van der Waals surface area contributed by atoms with Crippen molar-refractivity contribution >= 4 is 11.6 Å². The molecule has 0 heterocycles. The molecule has 1 rings (SSSR count). The molecule has 0 aliphatic carbocycles. The summed E-state index contributed by atoms with van der Waals surface area (Å²) >= 11 is 0. The molecule has 0 fully saturated rings. The zero-order valence-electron chi connectivity index (χ0n) is 11.8. The van der Waals surface area contributed by atoms with Crippen molar-refractivity contribution in [3.05, 3.63) is 41.6 Å². The van der Waals surface area contributed by atoms with E-state index in [1.54, 1.807) is 13.2 Å². The van der Waals surface area contributed by atoms with E-state index in [1.807, 2.05) is 31.2 Å². The SMILES string of the molecule is COCCCN/C=C(/C#N)C(=O)Nc1cccc(C)c1. The van der Waals surface area contributed by atoms with E-state index in [4.69, 9.17) is 10.00 Å². The van der Waals surface area contributed by atoms with E-state index in [-0.39, 0.29) is 5.57 Å². The van der Waals surface area contributed by atoms with Gasteiger partial charge in [-0.25, -0.2) is 0 Å². The number of carbonyl (C=O) groups excluding carboxylic acids is 1. The second-order valence-corrected chi connectivity index (χ2v) is 4.29. The maximum Gasteiger partial charge on any atom is 0.267 e. The molecule has 1 amide bonds. The lowest BCUT2D eigenvalue weighted by atomic mass is 10.2. The number of nitrogens with zero attached hydrogens (tertiary/aromatic N) is 1. The molecule has 1 aromatic carbocycles. The van der Waals surface area contributed by atoms with Crippen molar-refractivity contribution in [1.82, 2.24) is 5.32 Å². The number of hydrogen-bond acceptors (Lipinski definition) is 4. The Balaban J connectivity index is 2.55. The Morgan fingerprint density at radius 3 is 2.95 bits per heavy atom. The molecule has 0 atom stereocenters. The van der Waals surface area contributed by atoms with Crippen molar-refractivity contribution in [3.8, 4) is 6.07 Å². The maximum absolute atomic E-state index is 11.9. The number of amides is 1. The number of carbonyl (C=O) groups is 1. The van der Waals surface area contributed by atoms with Gasteiger partial charge in [-0.1, -0.05) is 12.1 Å². The van der Waals surface area contributed by atoms with Crippen LogP contribution in [-0.2, 0) is 9.53 Å². The Morgan fingerprint density at radius 2 is 2.30 bits per heavy atom. The highest BCUT2D eigenvalue weighted by atomic mass is 16.5. The van der Waals surface area contributed by atoms with Crippen LogP contribution >= 0.6 is 0 Å². The Bertz CT molecular complexity index is 518. The molecule has 1 aromatic rings. The summed E-state index contributed by atoms with van der Waals surface area (Å²) in [5.74, 6) is -0.419. The van der Waals surface area contributed by atoms with E-state index in [0.29, 0.717) is 18.8 Å². The van der Waals surface area contributed by atoms with Crippen molar-refractivity contribution in [2.24, 2.45) is 0 Å². The predicted molar refractivity (Wildman–Crippen MR) is 78.0 cm³/mol. The summed E-state index contributed by atoms with van der Waals surface area (Å²) in [7, 11) is 1.63. The van der Waals surface area contributed by atoms with Gasteiger partial charge in [0.25, 0.3) is 5.91 Å². The van der Waals surface area contributed by atoms with Gasteiger partial charge in [0.05, 0.1) is 0 Å². The van der Waals surface area contributed by atoms with Crippen LogP contribution in [0.4, 0.5) is 5.69 Å². The van der Waals surface area contributed by atoms with Crippen molar-refractivity contribution in [2.45, 2.75) is 13.3 Å². The van der Waals surface area contributed by atoms with E-state index in [9.17, 15) is 4.79 Å². The van der Waals surface area contributed by atoms with Crippen LogP contribution in [0.3, 0.4) is 0 Å². The molecule has 0 bridgehead atoms. The fraction of sp³-hybridized carbons (Fsp3) is 0.333. The summed E-state index contributed by atoms with van der Waals surface area (Å²) in [5, 5.41) is 14.6. The van der Waals surface area contributed by atoms with Gasteiger partial charge in [-0.05, 0) is 31.0 Å². The zero-order valence-corrected chi connectivity index (χ0v) is 11.8. The summed E-state index contributed by atoms with van der Waals surface area (Å²) in [4.78, 5) is 11.9. The van der Waals surface area contributed by atoms with Gasteiger partial charge < -0.3 is 15.4 Å². The third-order valence-electron chi connectivity index (χ3n) is 2.56. The van der Waals surface area contributed by atoms with Gasteiger partial charge in [0.2, 0.25) is 0 Å². The molecule has 106 valence electrons. The molecule has 0 aromatic heterocycles. The molecule has 0 saturated heterocycles. The summed E-state index contributed by atoms with van der Waals surface area (Å²) in [6.07, 6.45) is 2.24. The average molecular weight is 273 g/mol. The number of benzene rings is 1. The van der Waals surface area contributed by atoms with Crippen LogP contribution in [0, 0.1) is 18.3 Å². The first kappa shape index (κ1) is 15.7. The predicted octanol–water partition coefficient (Wildman–Crippen LogP) is 1.97. The largest absolute Gasteiger partial charge is 0.390 e. The molecule has 0 radical (unpaired) electrons. The highest BCUT2D eigenvalue weighted by Crippen LogP contribution is 2.10. The van der Waals surface area contributed by atoms with E-state index in [0.717, 1.165) is 12.0 Å². The van der Waals surface area contributed by atoms with Gasteiger partial charge in [-0.2, -0.15) is 5.26 Å². The van der Waals surface area contributed by atoms with Crippen molar-refractivity contribution in [2.75, 3.05) is 25.6 Å². The Hall–Kier alpha value is -2.32. The molecular formula is C15H19N3O2. The smallest absolute Gasteiger partial charge is 0.267 e. The lowest BCUT2D eigenvalue weighted by molar-refractivity contribution is -0.112. The molecule has 0 spiro atoms. The van der Waals surface area contributed by atoms with Crippen molar-refractivity contribution < 1.29 is 9.53 Å². The zero-order chi connectivity index (χ0) is 14.8. The van der Waals surface area contributed by atoms with E-state index in [2.05, 4.69) is 10.6 Å². The van der Waals surface area contributed by atoms with Crippen LogP contribution < -0.4 is 10.6 Å². The molecular weight excluding hydrogens is 254 g/mol. The van der Waals surface area contributed by atoms with E-state index in [1.165, 1.54) is 6.20 Å². The molecule has 20 heavy (non-hydrogen) atoms. The van der Waals surface area contributed by atoms with Crippen LogP contribution in [0.2, 0.25) is 0 Å². The van der Waals surface area contributed by atoms with Gasteiger partial charge in [-0.15, -0.1) is 0 Å². The summed E-state index contributed by atoms with van der Waals surface area (Å²) in [6.45, 7) is 3.23. The molecule has 5 nitrogen and oxygen atoms in total. The van der Waals surface area contributed by atoms with Gasteiger partial charge >= 0.3 is 0 Å². The maximum atomic E-state index is 11.9. The number of methoxy groups -OCH3 is 1. The molecule has 2 N–H and O–H groups in total. The van der Waals surface area contributed by atoms with Crippen molar-refractivity contribution in [1.29, 1.82) is 5.26 Å². The Morgan fingerprint density at radius 1 is 1.50 bits per heavy atom. The first-order chi connectivity index (χ1) is 9.67. The van der Waals surface area contributed by atoms with Gasteiger partial charge in [-0.3, -0.25) is 4.79 Å². The lowest BCUT2D eigenvalue weighted by Gasteiger charge is -2.05. The summed E-state index contributed by atoms with van der Waals surface area (Å²) in [6, 6.07) is 9.30. The number of anilines is 1. The lowest BCUT2D eigenvalue weighted by Crippen LogP contribution is -2.17. The minimum Gasteiger partial charge on any atom is -0.390 e. The highest BCUT2D eigenvalue weighted by Gasteiger charge is 2.08. The third-order valence-corrected chi connectivity index (χ3v) is 2.56. The average Bonchev–Trinajstić information content (AvgIpc) is 2.42. The van der Waals surface area contributed by atoms with Crippen LogP contribution in [0.5, 0.6) is 0 Å². The highest BCUT2D eigenvalue weighted by molar-refractivity contribution is 6.06. The van der Waals surface area contributed by atoms with Crippen LogP contribution in [0.15, 0.2) is 36.0 Å². The third kappa shape index (κ3) is 5.55. The molecule has 0 unspecified atom stereocenters. The van der Waals surface area contributed by atoms with Gasteiger partial charge in [0.1, 0.15) is 11.6 Å². The minimum absolute atomic E-state index is 0.0453. The molecule has 5 heteroatoms. The fourth-order valence-corrected chi connectivity index (χ4v) is 1.56. The monoisotopic (exact) mass is 273 g/mol. The van der Waals surface area contributed by atoms with Crippen LogP contribution in [0.25, 0.3) is 0 Å². The standard InChI is InChI=1S/C15H19N3O2/c1-12-5-3-6-14(9-12)18-15(19)13(10-16)11-17-7-4-8-20-2/h3,5-6,9,11,17H,4,7-8H2,1-2H3,(H,18,19)/b13-11-. The molecule has 0 saturated carbocycles. The van der Waals surface area contributed by atoms with Gasteiger partial charge in [0.15, 0.2) is 0 Å². The quantitative estimate of drug-likeness (QED) is 0.452. The summed E-state index contributed by atoms with van der Waals surface area (Å²) < 4.78 is 4.91. The number of hydrogen-bond donors (Lipinski definition) is 2. The van der Waals surface area contributed by atoms with Gasteiger partial charge in [0, 0.05) is 32.1 Å². The van der Waals surface area contributed by atoms with Crippen LogP contribution in [-0.4, -0.2) is 26.2 Å². The van der Waals surface area contributed by atoms with Crippen molar-refractivity contribution in [3.63, 3.8) is 0 Å². The number of aryl methyl sites for hydroxylation is 1. The Labute approximate surface area is 119 Å². The van der Waals surface area contributed by atoms with E-state index >= 15 is 0 Å². The topological polar surface area (TPSA) is 74.1 Å². The second-order valence-electron chi connectivity index (χ2n) is 4.29. The fourth-order valence-electron chi connectivity index (χ4n) is 1.56. The number of ether oxygens (including phenoxy) is 1. The normalized spacial score (nSPS) is 10.8. The Kier molecular flexibility index (Phi) is 6.87. The molecule has 0 aliphatic heterocycles. The minimum atomic E-state index is -0.419. The second kappa shape index (κ2) is 8.73. The summed E-state index contributed by atoms with van der Waals surface area (Å²) in [5.41, 5.74) is 1.77. The number of nitrogens with one attached hydrogen (secondary N) is 2. The first-order valence-electron chi connectivity index (χ1n) is 6.38. The number of nitriles is 1. The number of rotatable bonds is 7. The first-order valence-corrected chi connectivity index (χ1v) is 6.38.